The lowest BCUT2D eigenvalue weighted by Gasteiger charge is -2.17. The molecule has 0 aliphatic heterocycles. The molecule has 0 saturated carbocycles. The van der Waals surface area contributed by atoms with Crippen molar-refractivity contribution in [3.8, 4) is 11.8 Å². The maximum atomic E-state index is 12.5. The zero-order valence-electron chi connectivity index (χ0n) is 18.7. The molecule has 5 N–H and O–H groups in total. The predicted molar refractivity (Wildman–Crippen MR) is 128 cm³/mol. The van der Waals surface area contributed by atoms with Crippen LogP contribution >= 0.6 is 0 Å². The molecule has 0 aliphatic carbocycles. The quantitative estimate of drug-likeness (QED) is 0.132. The molecule has 9 nitrogen and oxygen atoms in total. The number of carboxylic acids is 1. The van der Waals surface area contributed by atoms with Crippen molar-refractivity contribution in [1.82, 2.24) is 10.6 Å². The van der Waals surface area contributed by atoms with Gasteiger partial charge in [0.05, 0.1) is 6.21 Å². The van der Waals surface area contributed by atoms with Crippen LogP contribution in [0.15, 0.2) is 59.7 Å². The molecule has 0 spiro atoms. The number of nitrogens with one attached hydrogen (secondary N) is 2. The van der Waals surface area contributed by atoms with Gasteiger partial charge in [-0.1, -0.05) is 54.3 Å². The molecule has 34 heavy (non-hydrogen) atoms. The SMILES string of the molecule is NN=Cc1ccc(C#CCCCNC(=O)[C@@H](CCC(=O)O)NC(=O)OCc2ccccc2)cc1. The monoisotopic (exact) mass is 464 g/mol. The Morgan fingerprint density at radius 2 is 1.85 bits per heavy atom. The molecule has 1 atom stereocenters. The first-order valence-electron chi connectivity index (χ1n) is 10.8. The van der Waals surface area contributed by atoms with E-state index in [1.807, 2.05) is 42.5 Å². The number of nitrogens with two attached hydrogens (primary N) is 1. The van der Waals surface area contributed by atoms with Gasteiger partial charge in [-0.25, -0.2) is 4.79 Å². The smallest absolute Gasteiger partial charge is 0.408 e. The molecule has 0 aliphatic rings. The van der Waals surface area contributed by atoms with Gasteiger partial charge in [0.2, 0.25) is 5.91 Å². The fraction of sp³-hybridized carbons (Fsp3) is 0.280. The third kappa shape index (κ3) is 10.3. The van der Waals surface area contributed by atoms with Crippen molar-refractivity contribution in [3.05, 3.63) is 71.3 Å². The Labute approximate surface area is 198 Å². The molecular formula is C25H28N4O5. The topological polar surface area (TPSA) is 143 Å². The number of alkyl carbamates (subject to hydrolysis) is 1. The van der Waals surface area contributed by atoms with Crippen molar-refractivity contribution in [2.75, 3.05) is 6.54 Å². The second kappa shape index (κ2) is 14.7. The summed E-state index contributed by atoms with van der Waals surface area (Å²) in [7, 11) is 0. The van der Waals surface area contributed by atoms with E-state index in [0.29, 0.717) is 19.4 Å². The summed E-state index contributed by atoms with van der Waals surface area (Å²) in [6.45, 7) is 0.381. The summed E-state index contributed by atoms with van der Waals surface area (Å²) in [4.78, 5) is 35.5. The number of hydrogen-bond acceptors (Lipinski definition) is 6. The van der Waals surface area contributed by atoms with Crippen LogP contribution in [0.4, 0.5) is 4.79 Å². The lowest BCUT2D eigenvalue weighted by atomic mass is 10.1. The van der Waals surface area contributed by atoms with Crippen LogP contribution in [0.3, 0.4) is 0 Å². The highest BCUT2D eigenvalue weighted by Gasteiger charge is 2.22. The summed E-state index contributed by atoms with van der Waals surface area (Å²) in [5.74, 6) is 9.65. The Balaban J connectivity index is 1.77. The molecule has 2 aromatic carbocycles. The average molecular weight is 465 g/mol. The zero-order valence-corrected chi connectivity index (χ0v) is 18.7. The third-order valence-corrected chi connectivity index (χ3v) is 4.61. The summed E-state index contributed by atoms with van der Waals surface area (Å²) in [5.41, 5.74) is 2.53. The van der Waals surface area contributed by atoms with Gasteiger partial charge >= 0.3 is 12.1 Å². The predicted octanol–water partition coefficient (Wildman–Crippen LogP) is 2.39. The zero-order chi connectivity index (χ0) is 24.6. The highest BCUT2D eigenvalue weighted by atomic mass is 16.5. The van der Waals surface area contributed by atoms with Crippen LogP contribution in [0.1, 0.15) is 42.4 Å². The number of ether oxygens (including phenoxy) is 1. The van der Waals surface area contributed by atoms with Crippen LogP contribution in [0.25, 0.3) is 0 Å². The first-order chi connectivity index (χ1) is 16.5. The standard InChI is InChI=1S/C25H28N4O5/c26-28-17-20-12-10-19(11-13-20)7-5-2-6-16-27-24(32)22(14-15-23(30)31)29-25(33)34-18-21-8-3-1-4-9-21/h1,3-4,8-13,17,22H,2,6,14-16,18,26H2,(H,27,32)(H,29,33)(H,30,31)/t22-/m1/s1. The Kier molecular flexibility index (Phi) is 11.2. The van der Waals surface area contributed by atoms with Crippen molar-refractivity contribution in [3.63, 3.8) is 0 Å². The lowest BCUT2D eigenvalue weighted by molar-refractivity contribution is -0.137. The third-order valence-electron chi connectivity index (χ3n) is 4.61. The number of benzene rings is 2. The number of unbranched alkanes of at least 4 members (excludes halogenated alkanes) is 1. The molecular weight excluding hydrogens is 436 g/mol. The van der Waals surface area contributed by atoms with E-state index in [4.69, 9.17) is 15.7 Å². The molecule has 0 saturated heterocycles. The minimum Gasteiger partial charge on any atom is -0.481 e. The van der Waals surface area contributed by atoms with E-state index in [2.05, 4.69) is 27.6 Å². The van der Waals surface area contributed by atoms with Crippen molar-refractivity contribution >= 4 is 24.2 Å². The van der Waals surface area contributed by atoms with Gasteiger partial charge < -0.3 is 26.3 Å². The molecule has 0 heterocycles. The van der Waals surface area contributed by atoms with Crippen molar-refractivity contribution < 1.29 is 24.2 Å². The van der Waals surface area contributed by atoms with E-state index in [0.717, 1.165) is 16.7 Å². The molecule has 0 fully saturated rings. The van der Waals surface area contributed by atoms with Crippen LogP contribution < -0.4 is 16.5 Å². The van der Waals surface area contributed by atoms with Crippen LogP contribution in [0, 0.1) is 11.8 Å². The fourth-order valence-corrected chi connectivity index (χ4v) is 2.86. The minimum atomic E-state index is -1.06. The normalized spacial score (nSPS) is 11.2. The number of hydrazone groups is 1. The van der Waals surface area contributed by atoms with Gasteiger partial charge in [-0.15, -0.1) is 0 Å². The molecule has 0 unspecified atom stereocenters. The maximum Gasteiger partial charge on any atom is 0.408 e. The van der Waals surface area contributed by atoms with Gasteiger partial charge in [0.15, 0.2) is 0 Å². The molecule has 0 aromatic heterocycles. The number of rotatable bonds is 11. The summed E-state index contributed by atoms with van der Waals surface area (Å²) in [6.07, 6.45) is 1.59. The van der Waals surface area contributed by atoms with Crippen LogP contribution in [0.2, 0.25) is 0 Å². The maximum absolute atomic E-state index is 12.5. The summed E-state index contributed by atoms with van der Waals surface area (Å²) >= 11 is 0. The van der Waals surface area contributed by atoms with Gasteiger partial charge in [0.25, 0.3) is 0 Å². The second-order valence-corrected chi connectivity index (χ2v) is 7.29. The van der Waals surface area contributed by atoms with E-state index < -0.39 is 24.0 Å². The lowest BCUT2D eigenvalue weighted by Crippen LogP contribution is -2.47. The minimum absolute atomic E-state index is 0.0436. The van der Waals surface area contributed by atoms with Gasteiger partial charge in [0, 0.05) is 24.9 Å². The van der Waals surface area contributed by atoms with E-state index in [9.17, 15) is 14.4 Å². The van der Waals surface area contributed by atoms with Crippen LogP contribution in [-0.4, -0.2) is 41.9 Å². The summed E-state index contributed by atoms with van der Waals surface area (Å²) in [5, 5.41) is 17.6. The Hall–Kier alpha value is -4.32. The largest absolute Gasteiger partial charge is 0.481 e. The molecule has 0 radical (unpaired) electrons. The Morgan fingerprint density at radius 3 is 2.53 bits per heavy atom. The first-order valence-corrected chi connectivity index (χ1v) is 10.8. The second-order valence-electron chi connectivity index (χ2n) is 7.29. The number of carbonyl (C=O) groups is 3. The molecule has 2 rings (SSSR count). The van der Waals surface area contributed by atoms with Gasteiger partial charge in [-0.3, -0.25) is 9.59 Å². The molecule has 2 amide bonds. The van der Waals surface area contributed by atoms with Crippen LogP contribution in [0.5, 0.6) is 0 Å². The molecule has 2 aromatic rings. The van der Waals surface area contributed by atoms with Crippen LogP contribution in [-0.2, 0) is 20.9 Å². The van der Waals surface area contributed by atoms with Crippen molar-refractivity contribution in [1.29, 1.82) is 0 Å². The summed E-state index contributed by atoms with van der Waals surface area (Å²) < 4.78 is 5.13. The van der Waals surface area contributed by atoms with E-state index in [1.165, 1.54) is 0 Å². The number of nitrogens with zero attached hydrogens (tertiary/aromatic N) is 1. The van der Waals surface area contributed by atoms with Crippen molar-refractivity contribution in [2.45, 2.75) is 38.3 Å². The Morgan fingerprint density at radius 1 is 1.12 bits per heavy atom. The summed E-state index contributed by atoms with van der Waals surface area (Å²) in [6, 6.07) is 15.5. The average Bonchev–Trinajstić information content (AvgIpc) is 2.84. The number of aliphatic carboxylic acids is 1. The van der Waals surface area contributed by atoms with Gasteiger partial charge in [-0.05, 0) is 36.1 Å². The number of amides is 2. The fourth-order valence-electron chi connectivity index (χ4n) is 2.86. The molecule has 178 valence electrons. The number of carboxylic acid groups (broad SMARTS) is 1. The highest BCUT2D eigenvalue weighted by Crippen LogP contribution is 2.04. The van der Waals surface area contributed by atoms with Gasteiger partial charge in [0.1, 0.15) is 12.6 Å². The highest BCUT2D eigenvalue weighted by molar-refractivity contribution is 5.86. The van der Waals surface area contributed by atoms with E-state index in [1.54, 1.807) is 18.3 Å². The number of hydrogen-bond donors (Lipinski definition) is 4. The van der Waals surface area contributed by atoms with E-state index >= 15 is 0 Å². The van der Waals surface area contributed by atoms with E-state index in [-0.39, 0.29) is 19.4 Å². The molecule has 9 heteroatoms. The van der Waals surface area contributed by atoms with Gasteiger partial charge in [-0.2, -0.15) is 5.10 Å². The van der Waals surface area contributed by atoms with Crippen molar-refractivity contribution in [2.24, 2.45) is 10.9 Å². The first kappa shape index (κ1) is 25.9. The molecule has 0 bridgehead atoms. The number of carbonyl (C=O) groups excluding carboxylic acids is 2. The Bertz CT molecular complexity index is 1030.